The van der Waals surface area contributed by atoms with Crippen molar-refractivity contribution in [1.29, 1.82) is 0 Å². The average Bonchev–Trinajstić information content (AvgIpc) is 2.54. The Morgan fingerprint density at radius 3 is 2.82 bits per heavy atom. The average molecular weight is 369 g/mol. The van der Waals surface area contributed by atoms with Gasteiger partial charge in [0.15, 0.2) is 0 Å². The van der Waals surface area contributed by atoms with Crippen LogP contribution >= 0.6 is 15.9 Å². The van der Waals surface area contributed by atoms with Gasteiger partial charge in [-0.2, -0.15) is 0 Å². The lowest BCUT2D eigenvalue weighted by Gasteiger charge is -2.32. The van der Waals surface area contributed by atoms with E-state index in [1.54, 1.807) is 0 Å². The smallest absolute Gasteiger partial charge is 0.222 e. The summed E-state index contributed by atoms with van der Waals surface area (Å²) in [4.78, 5) is 14.3. The van der Waals surface area contributed by atoms with Gasteiger partial charge in [-0.05, 0) is 49.9 Å². The summed E-state index contributed by atoms with van der Waals surface area (Å²) in [6.07, 6.45) is 4.45. The zero-order valence-electron chi connectivity index (χ0n) is 13.0. The molecule has 0 radical (unpaired) electrons. The SMILES string of the molecule is NCCCOC1CCN(C(=O)CCc2cccc(Br)c2)CC1. The standard InChI is InChI=1S/C17H25BrN2O2/c18-15-4-1-3-14(13-15)5-6-17(21)20-10-7-16(8-11-20)22-12-2-9-19/h1,3-4,13,16H,2,5-12,19H2. The third-order valence-corrected chi connectivity index (χ3v) is 4.51. The van der Waals surface area contributed by atoms with Crippen LogP contribution in [0.5, 0.6) is 0 Å². The largest absolute Gasteiger partial charge is 0.378 e. The van der Waals surface area contributed by atoms with E-state index in [1.165, 1.54) is 5.56 Å². The van der Waals surface area contributed by atoms with E-state index >= 15 is 0 Å². The van der Waals surface area contributed by atoms with Gasteiger partial charge in [0.2, 0.25) is 5.91 Å². The number of nitrogens with two attached hydrogens (primary N) is 1. The predicted molar refractivity (Wildman–Crippen MR) is 91.7 cm³/mol. The molecule has 0 aromatic heterocycles. The highest BCUT2D eigenvalue weighted by Gasteiger charge is 2.22. The summed E-state index contributed by atoms with van der Waals surface area (Å²) < 4.78 is 6.83. The minimum absolute atomic E-state index is 0.250. The van der Waals surface area contributed by atoms with Gasteiger partial charge in [0.25, 0.3) is 0 Å². The molecule has 5 heteroatoms. The molecular weight excluding hydrogens is 344 g/mol. The van der Waals surface area contributed by atoms with Gasteiger partial charge >= 0.3 is 0 Å². The highest BCUT2D eigenvalue weighted by molar-refractivity contribution is 9.10. The van der Waals surface area contributed by atoms with Crippen LogP contribution in [0.2, 0.25) is 0 Å². The van der Waals surface area contributed by atoms with Gasteiger partial charge in [-0.3, -0.25) is 4.79 Å². The van der Waals surface area contributed by atoms with Crippen molar-refractivity contribution in [1.82, 2.24) is 4.90 Å². The maximum absolute atomic E-state index is 12.3. The van der Waals surface area contributed by atoms with Crippen molar-refractivity contribution in [2.75, 3.05) is 26.2 Å². The molecule has 0 aliphatic carbocycles. The van der Waals surface area contributed by atoms with Crippen molar-refractivity contribution in [3.63, 3.8) is 0 Å². The predicted octanol–water partition coefficient (Wildman–Crippen LogP) is 2.74. The van der Waals surface area contributed by atoms with Crippen molar-refractivity contribution >= 4 is 21.8 Å². The maximum Gasteiger partial charge on any atom is 0.222 e. The molecule has 0 atom stereocenters. The van der Waals surface area contributed by atoms with Gasteiger partial charge in [-0.1, -0.05) is 28.1 Å². The summed E-state index contributed by atoms with van der Waals surface area (Å²) in [5.74, 6) is 0.250. The van der Waals surface area contributed by atoms with E-state index < -0.39 is 0 Å². The fourth-order valence-electron chi connectivity index (χ4n) is 2.71. The Balaban J connectivity index is 1.69. The van der Waals surface area contributed by atoms with Crippen molar-refractivity contribution < 1.29 is 9.53 Å². The molecule has 0 bridgehead atoms. The number of halogens is 1. The van der Waals surface area contributed by atoms with E-state index in [1.807, 2.05) is 17.0 Å². The van der Waals surface area contributed by atoms with Gasteiger partial charge < -0.3 is 15.4 Å². The lowest BCUT2D eigenvalue weighted by atomic mass is 10.1. The summed E-state index contributed by atoms with van der Waals surface area (Å²) in [6, 6.07) is 8.15. The number of piperidine rings is 1. The molecule has 2 N–H and O–H groups in total. The summed E-state index contributed by atoms with van der Waals surface area (Å²) >= 11 is 3.46. The normalized spacial score (nSPS) is 16.0. The van der Waals surface area contributed by atoms with E-state index in [9.17, 15) is 4.79 Å². The monoisotopic (exact) mass is 368 g/mol. The Labute approximate surface area is 141 Å². The van der Waals surface area contributed by atoms with Gasteiger partial charge in [-0.25, -0.2) is 0 Å². The number of rotatable bonds is 7. The number of hydrogen-bond donors (Lipinski definition) is 1. The van der Waals surface area contributed by atoms with E-state index in [4.69, 9.17) is 10.5 Å². The molecule has 0 saturated carbocycles. The van der Waals surface area contributed by atoms with Crippen LogP contribution in [0.3, 0.4) is 0 Å². The number of amides is 1. The fraction of sp³-hybridized carbons (Fsp3) is 0.588. The minimum atomic E-state index is 0.250. The number of benzene rings is 1. The summed E-state index contributed by atoms with van der Waals surface area (Å²) in [7, 11) is 0. The number of aryl methyl sites for hydroxylation is 1. The highest BCUT2D eigenvalue weighted by Crippen LogP contribution is 2.17. The highest BCUT2D eigenvalue weighted by atomic mass is 79.9. The van der Waals surface area contributed by atoms with E-state index in [0.29, 0.717) is 19.1 Å². The molecule has 22 heavy (non-hydrogen) atoms. The number of hydrogen-bond acceptors (Lipinski definition) is 3. The van der Waals surface area contributed by atoms with Crippen LogP contribution in [-0.4, -0.2) is 43.2 Å². The van der Waals surface area contributed by atoms with Gasteiger partial charge in [-0.15, -0.1) is 0 Å². The Morgan fingerprint density at radius 2 is 2.14 bits per heavy atom. The van der Waals surface area contributed by atoms with Gasteiger partial charge in [0, 0.05) is 30.6 Å². The molecule has 0 spiro atoms. The molecule has 122 valence electrons. The first-order chi connectivity index (χ1) is 10.7. The van der Waals surface area contributed by atoms with Crippen molar-refractivity contribution in [3.8, 4) is 0 Å². The zero-order valence-corrected chi connectivity index (χ0v) is 14.6. The van der Waals surface area contributed by atoms with Crippen molar-refractivity contribution in [2.24, 2.45) is 5.73 Å². The number of carbonyl (C=O) groups excluding carboxylic acids is 1. The molecule has 1 aliphatic rings. The van der Waals surface area contributed by atoms with Crippen LogP contribution in [0.1, 0.15) is 31.2 Å². The molecule has 1 heterocycles. The molecule has 0 unspecified atom stereocenters. The first-order valence-corrected chi connectivity index (χ1v) is 8.82. The summed E-state index contributed by atoms with van der Waals surface area (Å²) in [5, 5.41) is 0. The molecule has 2 rings (SSSR count). The van der Waals surface area contributed by atoms with Crippen LogP contribution in [0, 0.1) is 0 Å². The number of likely N-dealkylation sites (tertiary alicyclic amines) is 1. The van der Waals surface area contributed by atoms with Crippen LogP contribution < -0.4 is 5.73 Å². The van der Waals surface area contributed by atoms with Crippen molar-refractivity contribution in [3.05, 3.63) is 34.3 Å². The molecule has 4 nitrogen and oxygen atoms in total. The maximum atomic E-state index is 12.3. The van der Waals surface area contributed by atoms with Gasteiger partial charge in [0.1, 0.15) is 0 Å². The third kappa shape index (κ3) is 5.71. The third-order valence-electron chi connectivity index (χ3n) is 4.01. The van der Waals surface area contributed by atoms with E-state index in [2.05, 4.69) is 28.1 Å². The number of nitrogens with zero attached hydrogens (tertiary/aromatic N) is 1. The molecule has 1 amide bonds. The fourth-order valence-corrected chi connectivity index (χ4v) is 3.15. The van der Waals surface area contributed by atoms with Crippen LogP contribution in [0.15, 0.2) is 28.7 Å². The molecule has 1 aliphatic heterocycles. The molecule has 1 saturated heterocycles. The van der Waals surface area contributed by atoms with Gasteiger partial charge in [0.05, 0.1) is 6.10 Å². The lowest BCUT2D eigenvalue weighted by molar-refractivity contribution is -0.133. The summed E-state index contributed by atoms with van der Waals surface area (Å²) in [5.41, 5.74) is 6.66. The first kappa shape index (κ1) is 17.4. The second kappa shape index (κ2) is 9.28. The minimum Gasteiger partial charge on any atom is -0.378 e. The Morgan fingerprint density at radius 1 is 1.36 bits per heavy atom. The number of ether oxygens (including phenoxy) is 1. The summed E-state index contributed by atoms with van der Waals surface area (Å²) in [6.45, 7) is 3.03. The first-order valence-electron chi connectivity index (χ1n) is 8.03. The second-order valence-electron chi connectivity index (χ2n) is 5.72. The lowest BCUT2D eigenvalue weighted by Crippen LogP contribution is -2.41. The van der Waals surface area contributed by atoms with Crippen LogP contribution in [0.4, 0.5) is 0 Å². The zero-order chi connectivity index (χ0) is 15.8. The quantitative estimate of drug-likeness (QED) is 0.752. The van der Waals surface area contributed by atoms with Crippen molar-refractivity contribution in [2.45, 2.75) is 38.2 Å². The van der Waals surface area contributed by atoms with Crippen LogP contribution in [-0.2, 0) is 16.0 Å². The van der Waals surface area contributed by atoms with E-state index in [0.717, 1.165) is 49.9 Å². The number of carbonyl (C=O) groups is 1. The van der Waals surface area contributed by atoms with Crippen LogP contribution in [0.25, 0.3) is 0 Å². The molecular formula is C17H25BrN2O2. The topological polar surface area (TPSA) is 55.6 Å². The molecule has 1 aromatic carbocycles. The Hall–Kier alpha value is -0.910. The molecule has 1 fully saturated rings. The Kier molecular flexibility index (Phi) is 7.36. The van der Waals surface area contributed by atoms with E-state index in [-0.39, 0.29) is 5.91 Å². The molecule has 1 aromatic rings. The Bertz CT molecular complexity index is 473. The second-order valence-corrected chi connectivity index (χ2v) is 6.64.